The second-order valence-corrected chi connectivity index (χ2v) is 4.86. The molecule has 1 aliphatic rings. The van der Waals surface area contributed by atoms with Crippen molar-refractivity contribution in [2.75, 3.05) is 13.2 Å². The molecule has 4 nitrogen and oxygen atoms in total. The Hall–Kier alpha value is -0.610. The Bertz CT molecular complexity index is 207. The van der Waals surface area contributed by atoms with Crippen LogP contribution in [-0.4, -0.2) is 36.7 Å². The summed E-state index contributed by atoms with van der Waals surface area (Å²) in [7, 11) is 0. The minimum atomic E-state index is -0.164. The van der Waals surface area contributed by atoms with Gasteiger partial charge in [-0.05, 0) is 27.7 Å². The van der Waals surface area contributed by atoms with Crippen LogP contribution in [0.25, 0.3) is 0 Å². The molecular weight excluding hydrogens is 180 g/mol. The Kier molecular flexibility index (Phi) is 3.50. The molecule has 1 heterocycles. The van der Waals surface area contributed by atoms with Gasteiger partial charge in [0.25, 0.3) is 0 Å². The van der Waals surface area contributed by atoms with E-state index in [2.05, 4.69) is 10.6 Å². The first-order valence-electron chi connectivity index (χ1n) is 5.04. The van der Waals surface area contributed by atoms with Crippen molar-refractivity contribution in [2.45, 2.75) is 45.3 Å². The molecule has 2 N–H and O–H groups in total. The minimum absolute atomic E-state index is 0.0457. The molecular formula is C10H20N2O2. The van der Waals surface area contributed by atoms with Gasteiger partial charge in [0.2, 0.25) is 5.91 Å². The molecule has 0 spiro atoms. The third-order valence-electron chi connectivity index (χ3n) is 2.02. The van der Waals surface area contributed by atoms with Gasteiger partial charge in [-0.1, -0.05) is 0 Å². The summed E-state index contributed by atoms with van der Waals surface area (Å²) in [6.45, 7) is 9.23. The van der Waals surface area contributed by atoms with Gasteiger partial charge in [-0.3, -0.25) is 10.1 Å². The van der Waals surface area contributed by atoms with Crippen molar-refractivity contribution in [3.05, 3.63) is 0 Å². The molecule has 14 heavy (non-hydrogen) atoms. The third kappa shape index (κ3) is 3.64. The van der Waals surface area contributed by atoms with E-state index in [4.69, 9.17) is 4.74 Å². The molecule has 0 radical (unpaired) electrons. The molecule has 1 aliphatic heterocycles. The van der Waals surface area contributed by atoms with Crippen LogP contribution >= 0.6 is 0 Å². The number of rotatable bonds is 3. The monoisotopic (exact) mass is 200 g/mol. The van der Waals surface area contributed by atoms with E-state index in [1.165, 1.54) is 0 Å². The van der Waals surface area contributed by atoms with Crippen LogP contribution in [0.5, 0.6) is 0 Å². The van der Waals surface area contributed by atoms with Crippen molar-refractivity contribution >= 4 is 5.91 Å². The van der Waals surface area contributed by atoms with E-state index >= 15 is 0 Å². The number of hydrogen-bond acceptors (Lipinski definition) is 3. The van der Waals surface area contributed by atoms with Crippen LogP contribution in [0, 0.1) is 0 Å². The van der Waals surface area contributed by atoms with Crippen LogP contribution in [0.15, 0.2) is 0 Å². The minimum Gasteiger partial charge on any atom is -0.378 e. The predicted molar refractivity (Wildman–Crippen MR) is 55.1 cm³/mol. The standard InChI is InChI=1S/C10H20N2O2/c1-7(11-8-5-14-6-8)9(13)12-10(2,3)4/h7-8,11H,5-6H2,1-4H3,(H,12,13). The van der Waals surface area contributed by atoms with Crippen molar-refractivity contribution in [1.29, 1.82) is 0 Å². The highest BCUT2D eigenvalue weighted by molar-refractivity contribution is 5.81. The molecule has 0 saturated carbocycles. The zero-order valence-electron chi connectivity index (χ0n) is 9.39. The van der Waals surface area contributed by atoms with E-state index in [9.17, 15) is 4.79 Å². The maximum absolute atomic E-state index is 11.6. The molecule has 1 unspecified atom stereocenters. The molecule has 0 aromatic carbocycles. The summed E-state index contributed by atoms with van der Waals surface area (Å²) in [5.74, 6) is 0.0457. The summed E-state index contributed by atoms with van der Waals surface area (Å²) < 4.78 is 5.02. The molecule has 0 aliphatic carbocycles. The van der Waals surface area contributed by atoms with Crippen molar-refractivity contribution in [2.24, 2.45) is 0 Å². The fourth-order valence-corrected chi connectivity index (χ4v) is 1.24. The largest absolute Gasteiger partial charge is 0.378 e. The molecule has 1 rings (SSSR count). The summed E-state index contributed by atoms with van der Waals surface area (Å²) in [6, 6.07) is 0.193. The number of ether oxygens (including phenoxy) is 1. The second-order valence-electron chi connectivity index (χ2n) is 4.86. The Morgan fingerprint density at radius 3 is 2.36 bits per heavy atom. The van der Waals surface area contributed by atoms with Crippen LogP contribution in [0.2, 0.25) is 0 Å². The first kappa shape index (κ1) is 11.5. The average Bonchev–Trinajstić information content (AvgIpc) is 1.92. The summed E-state index contributed by atoms with van der Waals surface area (Å²) in [5.41, 5.74) is -0.164. The molecule has 1 amide bonds. The highest BCUT2D eigenvalue weighted by Gasteiger charge is 2.25. The Morgan fingerprint density at radius 2 is 2.00 bits per heavy atom. The highest BCUT2D eigenvalue weighted by Crippen LogP contribution is 2.03. The first-order chi connectivity index (χ1) is 6.38. The lowest BCUT2D eigenvalue weighted by Gasteiger charge is -2.31. The van der Waals surface area contributed by atoms with Crippen molar-refractivity contribution in [1.82, 2.24) is 10.6 Å². The van der Waals surface area contributed by atoms with E-state index < -0.39 is 0 Å². The van der Waals surface area contributed by atoms with Gasteiger partial charge in [-0.2, -0.15) is 0 Å². The number of hydrogen-bond donors (Lipinski definition) is 2. The smallest absolute Gasteiger partial charge is 0.237 e. The van der Waals surface area contributed by atoms with Crippen LogP contribution in [0.1, 0.15) is 27.7 Å². The molecule has 0 bridgehead atoms. The van der Waals surface area contributed by atoms with Gasteiger partial charge in [0.15, 0.2) is 0 Å². The van der Waals surface area contributed by atoms with Crippen molar-refractivity contribution in [3.63, 3.8) is 0 Å². The molecule has 1 atom stereocenters. The predicted octanol–water partition coefficient (Wildman–Crippen LogP) is 0.278. The zero-order valence-corrected chi connectivity index (χ0v) is 9.39. The van der Waals surface area contributed by atoms with Crippen LogP contribution < -0.4 is 10.6 Å². The molecule has 1 fully saturated rings. The lowest BCUT2D eigenvalue weighted by molar-refractivity contribution is -0.125. The summed E-state index contributed by atoms with van der Waals surface area (Å²) >= 11 is 0. The lowest BCUT2D eigenvalue weighted by Crippen LogP contribution is -2.56. The zero-order chi connectivity index (χ0) is 10.8. The second kappa shape index (κ2) is 4.28. The molecule has 82 valence electrons. The van der Waals surface area contributed by atoms with Gasteiger partial charge in [0.1, 0.15) is 0 Å². The van der Waals surface area contributed by atoms with Gasteiger partial charge >= 0.3 is 0 Å². The van der Waals surface area contributed by atoms with Crippen molar-refractivity contribution < 1.29 is 9.53 Å². The molecule has 1 saturated heterocycles. The Labute approximate surface area is 85.4 Å². The van der Waals surface area contributed by atoms with Crippen LogP contribution in [0.4, 0.5) is 0 Å². The van der Waals surface area contributed by atoms with Gasteiger partial charge < -0.3 is 10.1 Å². The van der Waals surface area contributed by atoms with Crippen LogP contribution in [-0.2, 0) is 9.53 Å². The van der Waals surface area contributed by atoms with Gasteiger partial charge in [0, 0.05) is 5.54 Å². The number of nitrogens with one attached hydrogen (secondary N) is 2. The lowest BCUT2D eigenvalue weighted by atomic mass is 10.1. The fraction of sp³-hybridized carbons (Fsp3) is 0.900. The normalized spacial score (nSPS) is 20.0. The topological polar surface area (TPSA) is 50.4 Å². The number of amides is 1. The molecule has 0 aromatic heterocycles. The van der Waals surface area contributed by atoms with E-state index in [0.717, 1.165) is 0 Å². The van der Waals surface area contributed by atoms with Crippen molar-refractivity contribution in [3.8, 4) is 0 Å². The van der Waals surface area contributed by atoms with E-state index in [-0.39, 0.29) is 17.5 Å². The van der Waals surface area contributed by atoms with Gasteiger partial charge in [-0.15, -0.1) is 0 Å². The maximum atomic E-state index is 11.6. The first-order valence-corrected chi connectivity index (χ1v) is 5.04. The van der Waals surface area contributed by atoms with Crippen LogP contribution in [0.3, 0.4) is 0 Å². The quantitative estimate of drug-likeness (QED) is 0.688. The maximum Gasteiger partial charge on any atom is 0.237 e. The molecule has 4 heteroatoms. The summed E-state index contributed by atoms with van der Waals surface area (Å²) in [5, 5.41) is 6.13. The Balaban J connectivity index is 2.28. The summed E-state index contributed by atoms with van der Waals surface area (Å²) in [4.78, 5) is 11.6. The fourth-order valence-electron chi connectivity index (χ4n) is 1.24. The van der Waals surface area contributed by atoms with E-state index in [1.807, 2.05) is 27.7 Å². The summed E-state index contributed by atoms with van der Waals surface area (Å²) in [6.07, 6.45) is 0. The molecule has 0 aromatic rings. The Morgan fingerprint density at radius 1 is 1.43 bits per heavy atom. The van der Waals surface area contributed by atoms with E-state index in [1.54, 1.807) is 0 Å². The van der Waals surface area contributed by atoms with Gasteiger partial charge in [0.05, 0.1) is 25.3 Å². The average molecular weight is 200 g/mol. The third-order valence-corrected chi connectivity index (χ3v) is 2.02. The SMILES string of the molecule is CC(NC1COC1)C(=O)NC(C)(C)C. The highest BCUT2D eigenvalue weighted by atomic mass is 16.5. The number of carbonyl (C=O) groups is 1. The number of carbonyl (C=O) groups excluding carboxylic acids is 1. The van der Waals surface area contributed by atoms with E-state index in [0.29, 0.717) is 19.3 Å². The van der Waals surface area contributed by atoms with Gasteiger partial charge in [-0.25, -0.2) is 0 Å².